The number of thiol groups is 1. The Morgan fingerprint density at radius 3 is 2.60 bits per heavy atom. The fourth-order valence-corrected chi connectivity index (χ4v) is 1.22. The van der Waals surface area contributed by atoms with Crippen molar-refractivity contribution in [3.63, 3.8) is 0 Å². The minimum Gasteiger partial charge on any atom is -0.396 e. The maximum atomic E-state index is 12.8. The Labute approximate surface area is 77.4 Å². The molecule has 10 heavy (non-hydrogen) atoms. The monoisotopic (exact) mass is 269 g/mol. The Kier molecular flexibility index (Phi) is 2.40. The fraction of sp³-hybridized carbons (Fsp3) is 0. The van der Waals surface area contributed by atoms with Gasteiger partial charge in [0.2, 0.25) is 0 Å². The van der Waals surface area contributed by atoms with Gasteiger partial charge in [-0.3, -0.25) is 0 Å². The molecule has 1 aromatic carbocycles. The van der Waals surface area contributed by atoms with Crippen LogP contribution in [0.3, 0.4) is 0 Å². The molecule has 0 radical (unpaired) electrons. The Morgan fingerprint density at radius 1 is 1.50 bits per heavy atom. The summed E-state index contributed by atoms with van der Waals surface area (Å²) in [7, 11) is 0. The summed E-state index contributed by atoms with van der Waals surface area (Å²) in [5, 5.41) is 0. The standard InChI is InChI=1S/C6H5FINS/c7-5-3(9)1-2-4(10)6(5)8/h1-2,10H,9H2. The Morgan fingerprint density at radius 2 is 2.10 bits per heavy atom. The summed E-state index contributed by atoms with van der Waals surface area (Å²) in [6.45, 7) is 0. The topological polar surface area (TPSA) is 26.0 Å². The molecule has 0 spiro atoms. The van der Waals surface area contributed by atoms with Gasteiger partial charge in [-0.15, -0.1) is 12.6 Å². The smallest absolute Gasteiger partial charge is 0.160 e. The van der Waals surface area contributed by atoms with Crippen molar-refractivity contribution >= 4 is 40.9 Å². The van der Waals surface area contributed by atoms with Crippen molar-refractivity contribution in [1.29, 1.82) is 0 Å². The highest BCUT2D eigenvalue weighted by Crippen LogP contribution is 2.23. The van der Waals surface area contributed by atoms with E-state index in [2.05, 4.69) is 12.6 Å². The van der Waals surface area contributed by atoms with E-state index in [-0.39, 0.29) is 11.5 Å². The second-order valence-corrected chi connectivity index (χ2v) is 3.36. The van der Waals surface area contributed by atoms with Crippen molar-refractivity contribution in [3.8, 4) is 0 Å². The van der Waals surface area contributed by atoms with E-state index in [0.717, 1.165) is 0 Å². The molecule has 0 bridgehead atoms. The Bertz CT molecular complexity index is 237. The van der Waals surface area contributed by atoms with Gasteiger partial charge in [0, 0.05) is 4.90 Å². The third-order valence-electron chi connectivity index (χ3n) is 1.09. The van der Waals surface area contributed by atoms with Gasteiger partial charge in [-0.05, 0) is 34.7 Å². The number of hydrogen-bond acceptors (Lipinski definition) is 2. The van der Waals surface area contributed by atoms with Gasteiger partial charge < -0.3 is 5.73 Å². The maximum absolute atomic E-state index is 12.8. The molecular formula is C6H5FINS. The molecule has 0 saturated carbocycles. The first-order chi connectivity index (χ1) is 4.63. The summed E-state index contributed by atoms with van der Waals surface area (Å²) < 4.78 is 13.3. The number of anilines is 1. The molecule has 0 aliphatic rings. The van der Waals surface area contributed by atoms with Crippen LogP contribution in [0.2, 0.25) is 0 Å². The lowest BCUT2D eigenvalue weighted by Crippen LogP contribution is -1.93. The summed E-state index contributed by atoms with van der Waals surface area (Å²) >= 11 is 5.87. The van der Waals surface area contributed by atoms with Gasteiger partial charge in [0.1, 0.15) is 0 Å². The second-order valence-electron chi connectivity index (χ2n) is 1.80. The second kappa shape index (κ2) is 2.96. The molecule has 1 aromatic rings. The zero-order valence-corrected chi connectivity index (χ0v) is 7.99. The van der Waals surface area contributed by atoms with Crippen molar-refractivity contribution < 1.29 is 4.39 Å². The van der Waals surface area contributed by atoms with E-state index in [9.17, 15) is 4.39 Å². The molecule has 0 amide bonds. The SMILES string of the molecule is Nc1ccc(S)c(I)c1F. The summed E-state index contributed by atoms with van der Waals surface area (Å²) in [6.07, 6.45) is 0. The lowest BCUT2D eigenvalue weighted by atomic mass is 10.3. The van der Waals surface area contributed by atoms with Crippen LogP contribution in [0.1, 0.15) is 0 Å². The Balaban J connectivity index is 3.34. The van der Waals surface area contributed by atoms with Gasteiger partial charge in [0.25, 0.3) is 0 Å². The van der Waals surface area contributed by atoms with E-state index in [4.69, 9.17) is 5.73 Å². The lowest BCUT2D eigenvalue weighted by molar-refractivity contribution is 0.620. The summed E-state index contributed by atoms with van der Waals surface area (Å²) in [5.74, 6) is -0.381. The molecule has 2 N–H and O–H groups in total. The van der Waals surface area contributed by atoms with Gasteiger partial charge in [-0.1, -0.05) is 0 Å². The summed E-state index contributed by atoms with van der Waals surface area (Å²) in [5.41, 5.74) is 5.44. The van der Waals surface area contributed by atoms with Gasteiger partial charge in [0.15, 0.2) is 5.82 Å². The quantitative estimate of drug-likeness (QED) is 0.422. The lowest BCUT2D eigenvalue weighted by Gasteiger charge is -2.00. The highest BCUT2D eigenvalue weighted by molar-refractivity contribution is 14.1. The van der Waals surface area contributed by atoms with Gasteiger partial charge in [-0.25, -0.2) is 4.39 Å². The molecule has 0 unspecified atom stereocenters. The van der Waals surface area contributed by atoms with E-state index < -0.39 is 0 Å². The number of benzene rings is 1. The third kappa shape index (κ3) is 1.37. The summed E-state index contributed by atoms with van der Waals surface area (Å²) in [6, 6.07) is 3.17. The van der Waals surface area contributed by atoms with Gasteiger partial charge in [-0.2, -0.15) is 0 Å². The highest BCUT2D eigenvalue weighted by atomic mass is 127. The predicted octanol–water partition coefficient (Wildman–Crippen LogP) is 2.30. The molecule has 1 rings (SSSR count). The number of hydrogen-bond donors (Lipinski definition) is 2. The van der Waals surface area contributed by atoms with Crippen LogP contribution >= 0.6 is 35.2 Å². The van der Waals surface area contributed by atoms with Crippen LogP contribution < -0.4 is 5.73 Å². The van der Waals surface area contributed by atoms with Crippen LogP contribution in [0.5, 0.6) is 0 Å². The minimum atomic E-state index is -0.381. The maximum Gasteiger partial charge on any atom is 0.160 e. The van der Waals surface area contributed by atoms with Crippen molar-refractivity contribution in [2.24, 2.45) is 0 Å². The van der Waals surface area contributed by atoms with E-state index >= 15 is 0 Å². The van der Waals surface area contributed by atoms with Crippen LogP contribution in [0.25, 0.3) is 0 Å². The number of rotatable bonds is 0. The van der Waals surface area contributed by atoms with E-state index in [1.54, 1.807) is 6.07 Å². The molecule has 1 nitrogen and oxygen atoms in total. The average molecular weight is 269 g/mol. The molecule has 0 aromatic heterocycles. The molecule has 4 heteroatoms. The van der Waals surface area contributed by atoms with Crippen LogP contribution in [-0.2, 0) is 0 Å². The van der Waals surface area contributed by atoms with Crippen molar-refractivity contribution in [1.82, 2.24) is 0 Å². The van der Waals surface area contributed by atoms with Crippen molar-refractivity contribution in [3.05, 3.63) is 21.5 Å². The molecule has 0 saturated heterocycles. The average Bonchev–Trinajstić information content (AvgIpc) is 1.93. The molecule has 54 valence electrons. The van der Waals surface area contributed by atoms with Crippen molar-refractivity contribution in [2.75, 3.05) is 5.73 Å². The van der Waals surface area contributed by atoms with Crippen LogP contribution in [0.15, 0.2) is 17.0 Å². The van der Waals surface area contributed by atoms with Gasteiger partial charge >= 0.3 is 0 Å². The first-order valence-electron chi connectivity index (χ1n) is 2.55. The number of nitrogen functional groups attached to an aromatic ring is 1. The number of halogens is 2. The normalized spacial score (nSPS) is 9.90. The third-order valence-corrected chi connectivity index (χ3v) is 2.95. The fourth-order valence-electron chi connectivity index (χ4n) is 0.554. The first kappa shape index (κ1) is 8.13. The summed E-state index contributed by atoms with van der Waals surface area (Å²) in [4.78, 5) is 0.618. The molecule has 0 aliphatic heterocycles. The predicted molar refractivity (Wildman–Crippen MR) is 50.8 cm³/mol. The van der Waals surface area contributed by atoms with E-state index in [0.29, 0.717) is 8.47 Å². The minimum absolute atomic E-state index is 0.169. The molecule has 0 heterocycles. The zero-order chi connectivity index (χ0) is 7.72. The first-order valence-corrected chi connectivity index (χ1v) is 4.08. The van der Waals surface area contributed by atoms with Crippen molar-refractivity contribution in [2.45, 2.75) is 4.90 Å². The van der Waals surface area contributed by atoms with E-state index in [1.807, 2.05) is 22.6 Å². The molecule has 0 atom stereocenters. The van der Waals surface area contributed by atoms with Crippen LogP contribution in [0.4, 0.5) is 10.1 Å². The van der Waals surface area contributed by atoms with E-state index in [1.165, 1.54) is 6.07 Å². The highest BCUT2D eigenvalue weighted by Gasteiger charge is 2.04. The Hall–Kier alpha value is 0.0300. The largest absolute Gasteiger partial charge is 0.396 e. The van der Waals surface area contributed by atoms with Crippen LogP contribution in [0, 0.1) is 9.39 Å². The molecular weight excluding hydrogens is 264 g/mol. The molecule has 0 aliphatic carbocycles. The molecule has 0 fully saturated rings. The number of nitrogens with two attached hydrogens (primary N) is 1. The zero-order valence-electron chi connectivity index (χ0n) is 4.94. The van der Waals surface area contributed by atoms with Gasteiger partial charge in [0.05, 0.1) is 9.26 Å². The van der Waals surface area contributed by atoms with Crippen LogP contribution in [-0.4, -0.2) is 0 Å².